The molecule has 0 amide bonds. The van der Waals surface area contributed by atoms with Crippen molar-refractivity contribution in [3.63, 3.8) is 0 Å². The van der Waals surface area contributed by atoms with Crippen molar-refractivity contribution < 1.29 is 9.11 Å². The molecule has 3 rings (SSSR count). The van der Waals surface area contributed by atoms with Crippen molar-refractivity contribution in [3.05, 3.63) is 0 Å². The lowest BCUT2D eigenvalue weighted by molar-refractivity contribution is 0.150. The molecule has 2 aliphatic heterocycles. The standard InChI is InChI=1S/C13H27N3O2S/c1-10-6-13(3-2-4-13)9-16(10)19(17,18)12-5-11(14)7-15-8-12/h10-12,15,17-18H,2-9,14H2,1H3. The molecule has 0 aromatic heterocycles. The van der Waals surface area contributed by atoms with Gasteiger partial charge in [-0.25, -0.2) is 4.31 Å². The first-order valence-electron chi connectivity index (χ1n) is 7.43. The van der Waals surface area contributed by atoms with Crippen molar-refractivity contribution in [1.82, 2.24) is 9.62 Å². The summed E-state index contributed by atoms with van der Waals surface area (Å²) in [5, 5.41) is 3.11. The van der Waals surface area contributed by atoms with E-state index in [1.54, 1.807) is 0 Å². The highest BCUT2D eigenvalue weighted by molar-refractivity contribution is 8.22. The van der Waals surface area contributed by atoms with Gasteiger partial charge in [-0.05, 0) is 38.0 Å². The SMILES string of the molecule is CC1CC2(CCC2)CN1S(O)(O)C1CNCC(N)C1. The first-order chi connectivity index (χ1) is 8.93. The molecule has 1 spiro atoms. The number of piperidine rings is 1. The third-order valence-corrected chi connectivity index (χ3v) is 7.69. The summed E-state index contributed by atoms with van der Waals surface area (Å²) in [5.41, 5.74) is 6.34. The van der Waals surface area contributed by atoms with E-state index in [4.69, 9.17) is 5.73 Å². The van der Waals surface area contributed by atoms with Crippen LogP contribution in [-0.4, -0.2) is 50.4 Å². The Balaban J connectivity index is 1.72. The predicted octanol–water partition coefficient (Wildman–Crippen LogP) is 1.61. The summed E-state index contributed by atoms with van der Waals surface area (Å²) < 4.78 is 23.5. The summed E-state index contributed by atoms with van der Waals surface area (Å²) in [5.74, 6) is 0. The van der Waals surface area contributed by atoms with Gasteiger partial charge in [-0.3, -0.25) is 9.11 Å². The molecule has 1 saturated carbocycles. The maximum absolute atomic E-state index is 10.7. The molecule has 5 N–H and O–H groups in total. The van der Waals surface area contributed by atoms with E-state index in [1.165, 1.54) is 19.3 Å². The van der Waals surface area contributed by atoms with Crippen LogP contribution in [0.4, 0.5) is 0 Å². The van der Waals surface area contributed by atoms with Crippen LogP contribution in [0.5, 0.6) is 0 Å². The van der Waals surface area contributed by atoms with Crippen molar-refractivity contribution in [2.24, 2.45) is 11.1 Å². The summed E-state index contributed by atoms with van der Waals surface area (Å²) in [6, 6.07) is 0.323. The highest BCUT2D eigenvalue weighted by Crippen LogP contribution is 2.60. The first-order valence-corrected chi connectivity index (χ1v) is 9.00. The molecule has 2 heterocycles. The van der Waals surface area contributed by atoms with Crippen LogP contribution in [0, 0.1) is 5.41 Å². The van der Waals surface area contributed by atoms with Gasteiger partial charge >= 0.3 is 0 Å². The highest BCUT2D eigenvalue weighted by Gasteiger charge is 2.51. The summed E-state index contributed by atoms with van der Waals surface area (Å²) in [7, 11) is -2.70. The molecule has 2 saturated heterocycles. The van der Waals surface area contributed by atoms with E-state index < -0.39 is 10.8 Å². The number of hydrogen-bond acceptors (Lipinski definition) is 5. The monoisotopic (exact) mass is 289 g/mol. The van der Waals surface area contributed by atoms with Crippen molar-refractivity contribution in [2.75, 3.05) is 19.6 Å². The highest BCUT2D eigenvalue weighted by atomic mass is 32.3. The largest absolute Gasteiger partial charge is 0.326 e. The zero-order valence-corrected chi connectivity index (χ0v) is 12.5. The van der Waals surface area contributed by atoms with Crippen molar-refractivity contribution in [1.29, 1.82) is 0 Å². The van der Waals surface area contributed by atoms with Gasteiger partial charge in [-0.1, -0.05) is 6.42 Å². The van der Waals surface area contributed by atoms with E-state index in [2.05, 4.69) is 12.2 Å². The number of nitrogens with two attached hydrogens (primary N) is 1. The van der Waals surface area contributed by atoms with Crippen molar-refractivity contribution >= 4 is 10.8 Å². The van der Waals surface area contributed by atoms with E-state index in [-0.39, 0.29) is 17.3 Å². The van der Waals surface area contributed by atoms with Gasteiger partial charge in [0.2, 0.25) is 0 Å². The minimum Gasteiger partial charge on any atom is -0.326 e. The molecular formula is C13H27N3O2S. The molecule has 3 atom stereocenters. The van der Waals surface area contributed by atoms with Gasteiger partial charge in [-0.2, -0.15) is 0 Å². The molecule has 0 aromatic rings. The third-order valence-electron chi connectivity index (χ3n) is 5.26. The molecule has 0 radical (unpaired) electrons. The van der Waals surface area contributed by atoms with Crippen LogP contribution >= 0.6 is 10.8 Å². The lowest BCUT2D eigenvalue weighted by Crippen LogP contribution is -2.51. The Kier molecular flexibility index (Phi) is 3.61. The Morgan fingerprint density at radius 1 is 1.32 bits per heavy atom. The fourth-order valence-corrected chi connectivity index (χ4v) is 6.34. The average Bonchev–Trinajstić information content (AvgIpc) is 2.68. The molecule has 6 heteroatoms. The van der Waals surface area contributed by atoms with Gasteiger partial charge < -0.3 is 11.1 Å². The Hall–Kier alpha value is 0.150. The summed E-state index contributed by atoms with van der Waals surface area (Å²) in [6.45, 7) is 4.46. The van der Waals surface area contributed by atoms with Crippen LogP contribution in [0.1, 0.15) is 39.0 Å². The molecular weight excluding hydrogens is 262 g/mol. The Morgan fingerprint density at radius 2 is 2.05 bits per heavy atom. The second-order valence-electron chi connectivity index (χ2n) is 6.82. The number of nitrogens with one attached hydrogen (secondary N) is 1. The van der Waals surface area contributed by atoms with E-state index >= 15 is 0 Å². The minimum absolute atomic E-state index is 0.0421. The van der Waals surface area contributed by atoms with E-state index in [0.717, 1.165) is 19.5 Å². The fraction of sp³-hybridized carbons (Fsp3) is 1.00. The molecule has 5 nitrogen and oxygen atoms in total. The smallest absolute Gasteiger partial charge is 0.0780 e. The summed E-state index contributed by atoms with van der Waals surface area (Å²) in [6.07, 6.45) is 5.65. The molecule has 3 aliphatic rings. The normalized spacial score (nSPS) is 40.3. The second kappa shape index (κ2) is 4.86. The quantitative estimate of drug-likeness (QED) is 0.621. The summed E-state index contributed by atoms with van der Waals surface area (Å²) in [4.78, 5) is 0. The Bertz CT molecular complexity index is 349. The molecule has 3 fully saturated rings. The minimum atomic E-state index is -2.70. The molecule has 3 unspecified atom stereocenters. The Morgan fingerprint density at radius 3 is 2.58 bits per heavy atom. The van der Waals surface area contributed by atoms with Crippen LogP contribution in [0.25, 0.3) is 0 Å². The van der Waals surface area contributed by atoms with E-state index in [9.17, 15) is 9.11 Å². The van der Waals surface area contributed by atoms with Gasteiger partial charge in [0, 0.05) is 31.7 Å². The number of hydrogen-bond donors (Lipinski definition) is 4. The molecule has 1 aliphatic carbocycles. The lowest BCUT2D eigenvalue weighted by atomic mass is 9.68. The second-order valence-corrected chi connectivity index (χ2v) is 9.08. The van der Waals surface area contributed by atoms with Gasteiger partial charge in [0.15, 0.2) is 0 Å². The van der Waals surface area contributed by atoms with Gasteiger partial charge in [0.05, 0.1) is 5.25 Å². The van der Waals surface area contributed by atoms with E-state index in [0.29, 0.717) is 18.4 Å². The van der Waals surface area contributed by atoms with Crippen LogP contribution in [-0.2, 0) is 0 Å². The maximum Gasteiger partial charge on any atom is 0.0780 e. The first kappa shape index (κ1) is 14.1. The third kappa shape index (κ3) is 2.43. The molecule has 19 heavy (non-hydrogen) atoms. The molecule has 0 aromatic carbocycles. The average molecular weight is 289 g/mol. The van der Waals surface area contributed by atoms with Gasteiger partial charge in [0.1, 0.15) is 0 Å². The van der Waals surface area contributed by atoms with Crippen LogP contribution in [0.2, 0.25) is 0 Å². The maximum atomic E-state index is 10.7. The lowest BCUT2D eigenvalue weighted by Gasteiger charge is -2.51. The zero-order chi connectivity index (χ0) is 13.7. The van der Waals surface area contributed by atoms with Crippen molar-refractivity contribution in [3.8, 4) is 0 Å². The van der Waals surface area contributed by atoms with E-state index in [1.807, 2.05) is 4.31 Å². The molecule has 0 bridgehead atoms. The fourth-order valence-electron chi connectivity index (χ4n) is 4.04. The summed E-state index contributed by atoms with van der Waals surface area (Å²) >= 11 is 0. The van der Waals surface area contributed by atoms with Crippen LogP contribution < -0.4 is 11.1 Å². The van der Waals surface area contributed by atoms with Crippen LogP contribution in [0.3, 0.4) is 0 Å². The number of rotatable bonds is 2. The van der Waals surface area contributed by atoms with Crippen LogP contribution in [0.15, 0.2) is 0 Å². The predicted molar refractivity (Wildman–Crippen MR) is 79.2 cm³/mol. The Labute approximate surface area is 117 Å². The van der Waals surface area contributed by atoms with Crippen molar-refractivity contribution in [2.45, 2.75) is 56.4 Å². The van der Waals surface area contributed by atoms with Gasteiger partial charge in [0.25, 0.3) is 0 Å². The zero-order valence-electron chi connectivity index (χ0n) is 11.7. The molecule has 112 valence electrons. The van der Waals surface area contributed by atoms with Gasteiger partial charge in [-0.15, -0.1) is 10.8 Å². The number of nitrogens with zero attached hydrogens (tertiary/aromatic N) is 1. The topological polar surface area (TPSA) is 81.8 Å².